The molecule has 2 rings (SSSR count). The summed E-state index contributed by atoms with van der Waals surface area (Å²) in [6.45, 7) is 5.06. The van der Waals surface area contributed by atoms with Crippen molar-refractivity contribution in [1.82, 2.24) is 15.5 Å². The molecule has 2 aliphatic rings. The van der Waals surface area contributed by atoms with Crippen LogP contribution < -0.4 is 10.6 Å². The summed E-state index contributed by atoms with van der Waals surface area (Å²) in [5.41, 5.74) is -0.630. The van der Waals surface area contributed by atoms with E-state index in [-0.39, 0.29) is 30.6 Å². The number of hydrogen-bond donors (Lipinski definition) is 2. The Balaban J connectivity index is 1.96. The highest BCUT2D eigenvalue weighted by Gasteiger charge is 2.32. The van der Waals surface area contributed by atoms with Crippen LogP contribution in [0.25, 0.3) is 0 Å². The number of hydrogen-bond acceptors (Lipinski definition) is 4. The molecule has 27 heavy (non-hydrogen) atoms. The molecule has 0 bridgehead atoms. The SMILES string of the molecule is CC(C)(C)OC(=O)NCC(=O)N(C(=O)NC1CCCCC1)C1CCCCC1. The van der Waals surface area contributed by atoms with Gasteiger partial charge in [0.2, 0.25) is 5.91 Å². The van der Waals surface area contributed by atoms with Gasteiger partial charge in [0, 0.05) is 12.1 Å². The van der Waals surface area contributed by atoms with Crippen LogP contribution in [0.1, 0.15) is 85.0 Å². The van der Waals surface area contributed by atoms with Gasteiger partial charge < -0.3 is 15.4 Å². The number of urea groups is 1. The normalized spacial score (nSPS) is 19.2. The lowest BCUT2D eigenvalue weighted by Gasteiger charge is -2.34. The Morgan fingerprint density at radius 1 is 0.926 bits per heavy atom. The van der Waals surface area contributed by atoms with Crippen LogP contribution in [-0.2, 0) is 9.53 Å². The zero-order valence-corrected chi connectivity index (χ0v) is 17.0. The molecule has 0 aromatic heterocycles. The molecule has 0 heterocycles. The van der Waals surface area contributed by atoms with Crippen LogP contribution >= 0.6 is 0 Å². The maximum absolute atomic E-state index is 12.9. The minimum absolute atomic E-state index is 0.0877. The summed E-state index contributed by atoms with van der Waals surface area (Å²) >= 11 is 0. The Hall–Kier alpha value is -1.79. The summed E-state index contributed by atoms with van der Waals surface area (Å²) in [7, 11) is 0. The van der Waals surface area contributed by atoms with E-state index in [1.807, 2.05) is 0 Å². The van der Waals surface area contributed by atoms with E-state index in [2.05, 4.69) is 10.6 Å². The van der Waals surface area contributed by atoms with Crippen molar-refractivity contribution in [3.8, 4) is 0 Å². The smallest absolute Gasteiger partial charge is 0.408 e. The van der Waals surface area contributed by atoms with Crippen LogP contribution in [0.2, 0.25) is 0 Å². The molecule has 0 aliphatic heterocycles. The number of amides is 4. The third-order valence-electron chi connectivity index (χ3n) is 5.14. The van der Waals surface area contributed by atoms with Gasteiger partial charge >= 0.3 is 12.1 Å². The highest BCUT2D eigenvalue weighted by molar-refractivity contribution is 5.97. The van der Waals surface area contributed by atoms with Gasteiger partial charge in [-0.15, -0.1) is 0 Å². The Bertz CT molecular complexity index is 518. The molecule has 0 radical (unpaired) electrons. The van der Waals surface area contributed by atoms with Gasteiger partial charge in [0.15, 0.2) is 0 Å². The largest absolute Gasteiger partial charge is 0.444 e. The first-order valence-corrected chi connectivity index (χ1v) is 10.4. The molecule has 2 N–H and O–H groups in total. The number of nitrogens with one attached hydrogen (secondary N) is 2. The quantitative estimate of drug-likeness (QED) is 0.777. The molecule has 154 valence electrons. The zero-order valence-electron chi connectivity index (χ0n) is 17.0. The summed E-state index contributed by atoms with van der Waals surface area (Å²) in [4.78, 5) is 38.9. The summed E-state index contributed by atoms with van der Waals surface area (Å²) in [5.74, 6) is -0.374. The first kappa shape index (κ1) is 21.5. The number of nitrogens with zero attached hydrogens (tertiary/aromatic N) is 1. The fourth-order valence-corrected chi connectivity index (χ4v) is 3.86. The van der Waals surface area contributed by atoms with Crippen LogP contribution in [0, 0.1) is 0 Å². The van der Waals surface area contributed by atoms with Crippen molar-refractivity contribution >= 4 is 18.0 Å². The minimum atomic E-state index is -0.646. The van der Waals surface area contributed by atoms with Gasteiger partial charge in [-0.1, -0.05) is 38.5 Å². The van der Waals surface area contributed by atoms with Crippen LogP contribution in [-0.4, -0.2) is 47.2 Å². The Labute approximate surface area is 162 Å². The van der Waals surface area contributed by atoms with Crippen LogP contribution in [0.15, 0.2) is 0 Å². The van der Waals surface area contributed by atoms with E-state index in [0.29, 0.717) is 0 Å². The highest BCUT2D eigenvalue weighted by Crippen LogP contribution is 2.24. The maximum atomic E-state index is 12.9. The second kappa shape index (κ2) is 9.95. The van der Waals surface area contributed by atoms with E-state index in [1.165, 1.54) is 11.3 Å². The van der Waals surface area contributed by atoms with Crippen molar-refractivity contribution in [2.24, 2.45) is 0 Å². The number of carbonyl (C=O) groups excluding carboxylic acids is 3. The maximum Gasteiger partial charge on any atom is 0.408 e. The Morgan fingerprint density at radius 2 is 1.48 bits per heavy atom. The van der Waals surface area contributed by atoms with Crippen LogP contribution in [0.3, 0.4) is 0 Å². The summed E-state index contributed by atoms with van der Waals surface area (Å²) < 4.78 is 5.17. The van der Waals surface area contributed by atoms with Gasteiger partial charge in [-0.3, -0.25) is 9.69 Å². The lowest BCUT2D eigenvalue weighted by atomic mass is 9.93. The summed E-state index contributed by atoms with van der Waals surface area (Å²) in [6, 6.07) is -0.260. The third kappa shape index (κ3) is 7.39. The fraction of sp³-hybridized carbons (Fsp3) is 0.850. The number of alkyl carbamates (subject to hydrolysis) is 1. The molecular weight excluding hydrogens is 346 g/mol. The molecule has 0 unspecified atom stereocenters. The van der Waals surface area contributed by atoms with Gasteiger partial charge in [0.05, 0.1) is 0 Å². The van der Waals surface area contributed by atoms with Crippen molar-refractivity contribution < 1.29 is 19.1 Å². The van der Waals surface area contributed by atoms with Gasteiger partial charge in [-0.25, -0.2) is 9.59 Å². The van der Waals surface area contributed by atoms with Crippen molar-refractivity contribution in [3.05, 3.63) is 0 Å². The predicted molar refractivity (Wildman–Crippen MR) is 103 cm³/mol. The lowest BCUT2D eigenvalue weighted by molar-refractivity contribution is -0.129. The van der Waals surface area contributed by atoms with E-state index in [0.717, 1.165) is 57.8 Å². The molecule has 0 spiro atoms. The molecule has 7 heteroatoms. The lowest BCUT2D eigenvalue weighted by Crippen LogP contribution is -2.55. The molecule has 0 atom stereocenters. The second-order valence-electron chi connectivity index (χ2n) is 8.70. The molecule has 2 fully saturated rings. The predicted octanol–water partition coefficient (Wildman–Crippen LogP) is 3.71. The minimum Gasteiger partial charge on any atom is -0.444 e. The van der Waals surface area contributed by atoms with E-state index < -0.39 is 11.7 Å². The number of rotatable bonds is 4. The van der Waals surface area contributed by atoms with Crippen molar-refractivity contribution in [3.63, 3.8) is 0 Å². The highest BCUT2D eigenvalue weighted by atomic mass is 16.6. The molecule has 0 saturated heterocycles. The van der Waals surface area contributed by atoms with Crippen molar-refractivity contribution in [1.29, 1.82) is 0 Å². The molecule has 0 aromatic carbocycles. The molecule has 2 aliphatic carbocycles. The number of ether oxygens (including phenoxy) is 1. The summed E-state index contributed by atoms with van der Waals surface area (Å²) in [6.07, 6.45) is 9.55. The average molecular weight is 382 g/mol. The van der Waals surface area contributed by atoms with Crippen molar-refractivity contribution in [2.45, 2.75) is 103 Å². The first-order chi connectivity index (χ1) is 12.8. The molecule has 2 saturated carbocycles. The van der Waals surface area contributed by atoms with Gasteiger partial charge in [0.25, 0.3) is 0 Å². The van der Waals surface area contributed by atoms with Gasteiger partial charge in [-0.05, 0) is 46.5 Å². The number of imide groups is 1. The fourth-order valence-electron chi connectivity index (χ4n) is 3.86. The molecule has 0 aromatic rings. The Kier molecular flexibility index (Phi) is 7.92. The second-order valence-corrected chi connectivity index (χ2v) is 8.70. The van der Waals surface area contributed by atoms with Gasteiger partial charge in [0.1, 0.15) is 12.1 Å². The third-order valence-corrected chi connectivity index (χ3v) is 5.14. The first-order valence-electron chi connectivity index (χ1n) is 10.4. The average Bonchev–Trinajstić information content (AvgIpc) is 2.60. The van der Waals surface area contributed by atoms with Crippen LogP contribution in [0.4, 0.5) is 9.59 Å². The van der Waals surface area contributed by atoms with E-state index >= 15 is 0 Å². The molecule has 7 nitrogen and oxygen atoms in total. The van der Waals surface area contributed by atoms with E-state index in [9.17, 15) is 14.4 Å². The number of carbonyl (C=O) groups is 3. The van der Waals surface area contributed by atoms with Gasteiger partial charge in [-0.2, -0.15) is 0 Å². The van der Waals surface area contributed by atoms with E-state index in [1.54, 1.807) is 20.8 Å². The monoisotopic (exact) mass is 381 g/mol. The Morgan fingerprint density at radius 3 is 2.04 bits per heavy atom. The topological polar surface area (TPSA) is 87.7 Å². The summed E-state index contributed by atoms with van der Waals surface area (Å²) in [5, 5.41) is 5.53. The van der Waals surface area contributed by atoms with Crippen molar-refractivity contribution in [2.75, 3.05) is 6.54 Å². The standard InChI is InChI=1S/C20H35N3O4/c1-20(2,3)27-19(26)21-14-17(24)23(16-12-8-5-9-13-16)18(25)22-15-10-6-4-7-11-15/h15-16H,4-14H2,1-3H3,(H,21,26)(H,22,25). The molecular formula is C20H35N3O4. The zero-order chi connectivity index (χ0) is 19.9. The molecule has 4 amide bonds. The van der Waals surface area contributed by atoms with E-state index in [4.69, 9.17) is 4.74 Å². The van der Waals surface area contributed by atoms with Crippen LogP contribution in [0.5, 0.6) is 0 Å².